The first-order chi connectivity index (χ1) is 9.51. The molecule has 20 heavy (non-hydrogen) atoms. The number of rotatable bonds is 6. The van der Waals surface area contributed by atoms with Crippen molar-refractivity contribution >= 4 is 21.4 Å². The van der Waals surface area contributed by atoms with Crippen molar-refractivity contribution in [1.82, 2.24) is 4.72 Å². The molecule has 0 aromatic heterocycles. The minimum absolute atomic E-state index is 0.252. The molecule has 5 nitrogen and oxygen atoms in total. The summed E-state index contributed by atoms with van der Waals surface area (Å²) in [6, 6.07) is 5.28. The Bertz CT molecular complexity index is 595. The summed E-state index contributed by atoms with van der Waals surface area (Å²) in [7, 11) is -2.02. The van der Waals surface area contributed by atoms with E-state index in [1.54, 1.807) is 12.1 Å². The number of nitrogens with two attached hydrogens (primary N) is 1. The first-order valence-corrected chi connectivity index (χ1v) is 8.59. The third-order valence-electron chi connectivity index (χ3n) is 4.19. The van der Waals surface area contributed by atoms with Crippen molar-refractivity contribution in [3.8, 4) is 0 Å². The van der Waals surface area contributed by atoms with E-state index in [-0.39, 0.29) is 4.90 Å². The molecule has 2 fully saturated rings. The van der Waals surface area contributed by atoms with E-state index in [0.29, 0.717) is 11.7 Å². The molecule has 6 heteroatoms. The number of nitrogen functional groups attached to an aromatic ring is 1. The summed E-state index contributed by atoms with van der Waals surface area (Å²) in [5.74, 6) is 1.46. The summed E-state index contributed by atoms with van der Waals surface area (Å²) in [4.78, 5) is 0.252. The molecule has 4 N–H and O–H groups in total. The van der Waals surface area contributed by atoms with Crippen LogP contribution in [0.4, 0.5) is 11.4 Å². The summed E-state index contributed by atoms with van der Waals surface area (Å²) in [6.07, 6.45) is 5.07. The molecular weight excluding hydrogens is 274 g/mol. The van der Waals surface area contributed by atoms with Gasteiger partial charge in [-0.15, -0.1) is 0 Å². The van der Waals surface area contributed by atoms with Gasteiger partial charge in [-0.3, -0.25) is 0 Å². The van der Waals surface area contributed by atoms with Crippen molar-refractivity contribution in [3.63, 3.8) is 0 Å². The van der Waals surface area contributed by atoms with E-state index in [1.165, 1.54) is 38.8 Å². The van der Waals surface area contributed by atoms with Gasteiger partial charge in [0.05, 0.1) is 16.3 Å². The monoisotopic (exact) mass is 295 g/mol. The number of anilines is 2. The molecule has 110 valence electrons. The average molecular weight is 295 g/mol. The Morgan fingerprint density at radius 2 is 1.80 bits per heavy atom. The fourth-order valence-electron chi connectivity index (χ4n) is 2.66. The standard InChI is InChI=1S/C14H21N3O2S/c1-16-20(18,19)11-6-7-12(15)13(8-11)17-14(9-2-3-9)10-4-5-10/h6-10,14,16-17H,2-5,15H2,1H3. The van der Waals surface area contributed by atoms with E-state index in [9.17, 15) is 8.42 Å². The topological polar surface area (TPSA) is 84.2 Å². The SMILES string of the molecule is CNS(=O)(=O)c1ccc(N)c(NC(C2CC2)C2CC2)c1. The number of nitrogens with one attached hydrogen (secondary N) is 2. The summed E-state index contributed by atoms with van der Waals surface area (Å²) >= 11 is 0. The van der Waals surface area contributed by atoms with Crippen molar-refractivity contribution in [2.45, 2.75) is 36.6 Å². The zero-order valence-electron chi connectivity index (χ0n) is 11.6. The third-order valence-corrected chi connectivity index (χ3v) is 5.60. The van der Waals surface area contributed by atoms with E-state index >= 15 is 0 Å². The maximum absolute atomic E-state index is 11.9. The third kappa shape index (κ3) is 2.76. The predicted octanol–water partition coefficient (Wildman–Crippen LogP) is 1.78. The van der Waals surface area contributed by atoms with Crippen LogP contribution in [0, 0.1) is 11.8 Å². The Labute approximate surface area is 120 Å². The largest absolute Gasteiger partial charge is 0.397 e. The van der Waals surface area contributed by atoms with E-state index in [1.807, 2.05) is 0 Å². The van der Waals surface area contributed by atoms with Gasteiger partial charge in [-0.25, -0.2) is 13.1 Å². The van der Waals surface area contributed by atoms with Gasteiger partial charge in [-0.2, -0.15) is 0 Å². The number of hydrogen-bond acceptors (Lipinski definition) is 4. The predicted molar refractivity (Wildman–Crippen MR) is 80.0 cm³/mol. The number of sulfonamides is 1. The lowest BCUT2D eigenvalue weighted by Gasteiger charge is -2.21. The van der Waals surface area contributed by atoms with Gasteiger partial charge >= 0.3 is 0 Å². The van der Waals surface area contributed by atoms with Crippen molar-refractivity contribution in [1.29, 1.82) is 0 Å². The molecule has 0 unspecified atom stereocenters. The zero-order chi connectivity index (χ0) is 14.3. The Kier molecular flexibility index (Phi) is 3.38. The fraction of sp³-hybridized carbons (Fsp3) is 0.571. The van der Waals surface area contributed by atoms with Gasteiger partial charge in [0.1, 0.15) is 0 Å². The lowest BCUT2D eigenvalue weighted by Crippen LogP contribution is -2.25. The van der Waals surface area contributed by atoms with Crippen LogP contribution in [-0.4, -0.2) is 21.5 Å². The molecule has 0 spiro atoms. The molecule has 2 aliphatic rings. The van der Waals surface area contributed by atoms with Crippen molar-refractivity contribution < 1.29 is 8.42 Å². The Balaban J connectivity index is 1.86. The van der Waals surface area contributed by atoms with E-state index in [2.05, 4.69) is 10.0 Å². The lowest BCUT2D eigenvalue weighted by molar-refractivity contribution is 0.567. The van der Waals surface area contributed by atoms with Crippen LogP contribution in [-0.2, 0) is 10.0 Å². The smallest absolute Gasteiger partial charge is 0.240 e. The quantitative estimate of drug-likeness (QED) is 0.698. The molecule has 3 rings (SSSR count). The lowest BCUT2D eigenvalue weighted by atomic mass is 10.1. The van der Waals surface area contributed by atoms with Crippen LogP contribution < -0.4 is 15.8 Å². The molecule has 2 saturated carbocycles. The summed E-state index contributed by atoms with van der Waals surface area (Å²) < 4.78 is 26.1. The second-order valence-corrected chi connectivity index (χ2v) is 7.69. The highest BCUT2D eigenvalue weighted by molar-refractivity contribution is 7.89. The van der Waals surface area contributed by atoms with Crippen LogP contribution >= 0.6 is 0 Å². The van der Waals surface area contributed by atoms with E-state index < -0.39 is 10.0 Å². The first-order valence-electron chi connectivity index (χ1n) is 7.11. The molecule has 1 aromatic carbocycles. The molecular formula is C14H21N3O2S. The first kappa shape index (κ1) is 13.7. The normalized spacial score (nSPS) is 19.3. The molecule has 0 heterocycles. The molecule has 2 aliphatic carbocycles. The molecule has 1 aromatic rings. The Morgan fingerprint density at radius 1 is 1.20 bits per heavy atom. The van der Waals surface area contributed by atoms with Gasteiger partial charge < -0.3 is 11.1 Å². The van der Waals surface area contributed by atoms with Gasteiger partial charge in [0.25, 0.3) is 0 Å². The number of benzene rings is 1. The van der Waals surface area contributed by atoms with Gasteiger partial charge in [-0.1, -0.05) is 0 Å². The molecule has 0 saturated heterocycles. The highest BCUT2D eigenvalue weighted by Crippen LogP contribution is 2.46. The van der Waals surface area contributed by atoms with Crippen LogP contribution in [0.25, 0.3) is 0 Å². The van der Waals surface area contributed by atoms with Crippen LogP contribution in [0.2, 0.25) is 0 Å². The fourth-order valence-corrected chi connectivity index (χ4v) is 3.41. The van der Waals surface area contributed by atoms with E-state index in [4.69, 9.17) is 5.73 Å². The van der Waals surface area contributed by atoms with Crippen LogP contribution in [0.3, 0.4) is 0 Å². The van der Waals surface area contributed by atoms with Crippen molar-refractivity contribution in [2.24, 2.45) is 11.8 Å². The summed E-state index contributed by atoms with van der Waals surface area (Å²) in [5.41, 5.74) is 7.33. The maximum atomic E-state index is 11.9. The van der Waals surface area contributed by atoms with Gasteiger partial charge in [0.15, 0.2) is 0 Å². The van der Waals surface area contributed by atoms with Crippen molar-refractivity contribution in [3.05, 3.63) is 18.2 Å². The van der Waals surface area contributed by atoms with Crippen LogP contribution in [0.5, 0.6) is 0 Å². The van der Waals surface area contributed by atoms with Gasteiger partial charge in [0.2, 0.25) is 10.0 Å². The summed E-state index contributed by atoms with van der Waals surface area (Å²) in [6.45, 7) is 0. The molecule has 0 radical (unpaired) electrons. The second-order valence-electron chi connectivity index (χ2n) is 5.80. The minimum atomic E-state index is -3.43. The molecule has 0 amide bonds. The second kappa shape index (κ2) is 4.93. The van der Waals surface area contributed by atoms with Crippen LogP contribution in [0.15, 0.2) is 23.1 Å². The average Bonchev–Trinajstić information content (AvgIpc) is 3.28. The summed E-state index contributed by atoms with van der Waals surface area (Å²) in [5, 5.41) is 3.49. The Hall–Kier alpha value is -1.27. The van der Waals surface area contributed by atoms with Crippen LogP contribution in [0.1, 0.15) is 25.7 Å². The number of hydrogen-bond donors (Lipinski definition) is 3. The Morgan fingerprint density at radius 3 is 2.30 bits per heavy atom. The van der Waals surface area contributed by atoms with Gasteiger partial charge in [-0.05, 0) is 62.8 Å². The van der Waals surface area contributed by atoms with E-state index in [0.717, 1.165) is 17.5 Å². The highest BCUT2D eigenvalue weighted by atomic mass is 32.2. The highest BCUT2D eigenvalue weighted by Gasteiger charge is 2.41. The van der Waals surface area contributed by atoms with Gasteiger partial charge in [0, 0.05) is 6.04 Å². The minimum Gasteiger partial charge on any atom is -0.397 e. The molecule has 0 atom stereocenters. The maximum Gasteiger partial charge on any atom is 0.240 e. The molecule has 0 aliphatic heterocycles. The zero-order valence-corrected chi connectivity index (χ0v) is 12.4. The van der Waals surface area contributed by atoms with Crippen molar-refractivity contribution in [2.75, 3.05) is 18.1 Å². The molecule has 0 bridgehead atoms.